The van der Waals surface area contributed by atoms with Gasteiger partial charge in [-0.05, 0) is 85.3 Å². The molecule has 36 heavy (non-hydrogen) atoms. The SMILES string of the molecule is CCOc1ccc(-n2c(SCC(=O)N/N=C/c3ccc(OC)cc3)nnc2-c2ccc(Cl)cc2)cc1. The van der Waals surface area contributed by atoms with Gasteiger partial charge in [0, 0.05) is 16.3 Å². The molecule has 0 radical (unpaired) electrons. The van der Waals surface area contributed by atoms with Crippen LogP contribution in [0.3, 0.4) is 0 Å². The predicted molar refractivity (Wildman–Crippen MR) is 142 cm³/mol. The standard InChI is InChI=1S/C26H24ClN5O3S/c1-3-35-23-14-10-21(11-15-23)32-25(19-6-8-20(27)9-7-19)30-31-26(32)36-17-24(33)29-28-16-18-4-12-22(34-2)13-5-18/h4-16H,3,17H2,1-2H3,(H,29,33)/b28-16+. The fourth-order valence-corrected chi connectivity index (χ4v) is 4.14. The van der Waals surface area contributed by atoms with Gasteiger partial charge in [0.2, 0.25) is 0 Å². The van der Waals surface area contributed by atoms with Crippen molar-refractivity contribution in [2.45, 2.75) is 12.1 Å². The molecule has 1 amide bonds. The molecule has 184 valence electrons. The van der Waals surface area contributed by atoms with E-state index in [4.69, 9.17) is 21.1 Å². The smallest absolute Gasteiger partial charge is 0.250 e. The predicted octanol–water partition coefficient (Wildman–Crippen LogP) is 5.24. The molecule has 0 fully saturated rings. The molecule has 0 unspecified atom stereocenters. The number of methoxy groups -OCH3 is 1. The van der Waals surface area contributed by atoms with Crippen LogP contribution in [0.4, 0.5) is 0 Å². The van der Waals surface area contributed by atoms with Gasteiger partial charge in [-0.2, -0.15) is 5.10 Å². The molecular formula is C26H24ClN5O3S. The Morgan fingerprint density at radius 3 is 2.39 bits per heavy atom. The summed E-state index contributed by atoms with van der Waals surface area (Å²) < 4.78 is 12.6. The summed E-state index contributed by atoms with van der Waals surface area (Å²) in [5.74, 6) is 2.00. The van der Waals surface area contributed by atoms with Crippen LogP contribution in [0.2, 0.25) is 5.02 Å². The molecule has 8 nitrogen and oxygen atoms in total. The van der Waals surface area contributed by atoms with Crippen molar-refractivity contribution in [1.29, 1.82) is 0 Å². The maximum Gasteiger partial charge on any atom is 0.250 e. The van der Waals surface area contributed by atoms with Crippen LogP contribution < -0.4 is 14.9 Å². The van der Waals surface area contributed by atoms with Crippen molar-refractivity contribution in [3.63, 3.8) is 0 Å². The quantitative estimate of drug-likeness (QED) is 0.174. The fourth-order valence-electron chi connectivity index (χ4n) is 3.27. The molecule has 0 saturated heterocycles. The molecule has 1 aromatic heterocycles. The molecule has 3 aromatic carbocycles. The molecule has 0 atom stereocenters. The minimum absolute atomic E-state index is 0.107. The lowest BCUT2D eigenvalue weighted by molar-refractivity contribution is -0.118. The summed E-state index contributed by atoms with van der Waals surface area (Å²) in [6.45, 7) is 2.52. The Morgan fingerprint density at radius 1 is 1.03 bits per heavy atom. The third-order valence-electron chi connectivity index (χ3n) is 4.99. The third kappa shape index (κ3) is 6.44. The van der Waals surface area contributed by atoms with Gasteiger partial charge < -0.3 is 9.47 Å². The van der Waals surface area contributed by atoms with E-state index in [-0.39, 0.29) is 11.7 Å². The highest BCUT2D eigenvalue weighted by atomic mass is 35.5. The van der Waals surface area contributed by atoms with Crippen molar-refractivity contribution < 1.29 is 14.3 Å². The molecule has 0 aliphatic heterocycles. The highest BCUT2D eigenvalue weighted by molar-refractivity contribution is 7.99. The second kappa shape index (κ2) is 12.2. The lowest BCUT2D eigenvalue weighted by Gasteiger charge is -2.11. The summed E-state index contributed by atoms with van der Waals surface area (Å²) in [7, 11) is 1.61. The largest absolute Gasteiger partial charge is 0.497 e. The zero-order chi connectivity index (χ0) is 25.3. The average Bonchev–Trinajstić information content (AvgIpc) is 3.33. The summed E-state index contributed by atoms with van der Waals surface area (Å²) in [4.78, 5) is 12.4. The number of hydrazone groups is 1. The Balaban J connectivity index is 1.50. The molecule has 4 rings (SSSR count). The zero-order valence-corrected chi connectivity index (χ0v) is 21.3. The number of aromatic nitrogens is 3. The topological polar surface area (TPSA) is 90.6 Å². The summed E-state index contributed by atoms with van der Waals surface area (Å²) >= 11 is 7.33. The Bertz CT molecular complexity index is 1320. The first-order valence-electron chi connectivity index (χ1n) is 11.1. The number of nitrogens with one attached hydrogen (secondary N) is 1. The number of nitrogens with zero attached hydrogens (tertiary/aromatic N) is 4. The van der Waals surface area contributed by atoms with E-state index in [0.717, 1.165) is 28.3 Å². The first-order chi connectivity index (χ1) is 17.6. The average molecular weight is 522 g/mol. The Labute approximate surface area is 218 Å². The van der Waals surface area contributed by atoms with Crippen LogP contribution in [0.15, 0.2) is 83.1 Å². The number of benzene rings is 3. The van der Waals surface area contributed by atoms with Gasteiger partial charge in [-0.15, -0.1) is 10.2 Å². The van der Waals surface area contributed by atoms with Crippen LogP contribution in [-0.4, -0.2) is 46.4 Å². The van der Waals surface area contributed by atoms with E-state index >= 15 is 0 Å². The van der Waals surface area contributed by atoms with Crippen LogP contribution >= 0.6 is 23.4 Å². The van der Waals surface area contributed by atoms with E-state index in [9.17, 15) is 4.79 Å². The molecule has 4 aromatic rings. The second-order valence-corrected chi connectivity index (χ2v) is 8.81. The lowest BCUT2D eigenvalue weighted by Crippen LogP contribution is -2.20. The number of carbonyl (C=O) groups excluding carboxylic acids is 1. The van der Waals surface area contributed by atoms with Crippen molar-refractivity contribution in [1.82, 2.24) is 20.2 Å². The third-order valence-corrected chi connectivity index (χ3v) is 6.17. The number of ether oxygens (including phenoxy) is 2. The van der Waals surface area contributed by atoms with E-state index in [2.05, 4.69) is 20.7 Å². The normalized spacial score (nSPS) is 11.0. The van der Waals surface area contributed by atoms with Crippen LogP contribution in [0, 0.1) is 0 Å². The minimum Gasteiger partial charge on any atom is -0.497 e. The molecule has 0 aliphatic carbocycles. The molecule has 0 aliphatic rings. The van der Waals surface area contributed by atoms with Gasteiger partial charge in [-0.25, -0.2) is 5.43 Å². The van der Waals surface area contributed by atoms with Crippen LogP contribution in [0.5, 0.6) is 11.5 Å². The monoisotopic (exact) mass is 521 g/mol. The van der Waals surface area contributed by atoms with E-state index in [1.807, 2.05) is 72.2 Å². The molecular weight excluding hydrogens is 498 g/mol. The first-order valence-corrected chi connectivity index (χ1v) is 12.5. The van der Waals surface area contributed by atoms with Crippen LogP contribution in [0.25, 0.3) is 17.1 Å². The number of carbonyl (C=O) groups is 1. The van der Waals surface area contributed by atoms with Crippen molar-refractivity contribution in [2.75, 3.05) is 19.5 Å². The van der Waals surface area contributed by atoms with Gasteiger partial charge in [0.05, 0.1) is 25.7 Å². The van der Waals surface area contributed by atoms with Crippen molar-refractivity contribution >= 4 is 35.5 Å². The molecule has 10 heteroatoms. The van der Waals surface area contributed by atoms with Gasteiger partial charge in [0.15, 0.2) is 11.0 Å². The summed E-state index contributed by atoms with van der Waals surface area (Å²) in [5, 5.41) is 14.0. The van der Waals surface area contributed by atoms with Gasteiger partial charge in [-0.3, -0.25) is 9.36 Å². The highest BCUT2D eigenvalue weighted by Gasteiger charge is 2.17. The van der Waals surface area contributed by atoms with E-state index in [0.29, 0.717) is 22.6 Å². The Morgan fingerprint density at radius 2 is 1.72 bits per heavy atom. The minimum atomic E-state index is -0.265. The lowest BCUT2D eigenvalue weighted by atomic mass is 10.2. The second-order valence-electron chi connectivity index (χ2n) is 7.43. The Hall–Kier alpha value is -3.82. The summed E-state index contributed by atoms with van der Waals surface area (Å²) in [6, 6.07) is 22.3. The zero-order valence-electron chi connectivity index (χ0n) is 19.7. The number of thioether (sulfide) groups is 1. The number of hydrogen-bond acceptors (Lipinski definition) is 7. The number of hydrogen-bond donors (Lipinski definition) is 1. The van der Waals surface area contributed by atoms with Crippen LogP contribution in [0.1, 0.15) is 12.5 Å². The molecule has 1 N–H and O–H groups in total. The maximum atomic E-state index is 12.4. The van der Waals surface area contributed by atoms with Gasteiger partial charge in [-0.1, -0.05) is 23.4 Å². The number of halogens is 1. The van der Waals surface area contributed by atoms with E-state index in [1.165, 1.54) is 11.8 Å². The van der Waals surface area contributed by atoms with Gasteiger partial charge in [0.1, 0.15) is 11.5 Å². The molecule has 1 heterocycles. The summed E-state index contributed by atoms with van der Waals surface area (Å²) in [5.41, 5.74) is 5.07. The Kier molecular flexibility index (Phi) is 8.59. The molecule has 0 bridgehead atoms. The van der Waals surface area contributed by atoms with Gasteiger partial charge >= 0.3 is 0 Å². The van der Waals surface area contributed by atoms with E-state index in [1.54, 1.807) is 25.5 Å². The molecule has 0 spiro atoms. The number of rotatable bonds is 10. The van der Waals surface area contributed by atoms with Crippen molar-refractivity contribution in [3.8, 4) is 28.6 Å². The summed E-state index contributed by atoms with van der Waals surface area (Å²) in [6.07, 6.45) is 1.57. The maximum absolute atomic E-state index is 12.4. The van der Waals surface area contributed by atoms with Crippen LogP contribution in [-0.2, 0) is 4.79 Å². The van der Waals surface area contributed by atoms with Crippen molar-refractivity contribution in [2.24, 2.45) is 5.10 Å². The number of amides is 1. The highest BCUT2D eigenvalue weighted by Crippen LogP contribution is 2.29. The van der Waals surface area contributed by atoms with Crippen molar-refractivity contribution in [3.05, 3.63) is 83.4 Å². The first kappa shape index (κ1) is 25.3. The van der Waals surface area contributed by atoms with Gasteiger partial charge in [0.25, 0.3) is 5.91 Å². The van der Waals surface area contributed by atoms with E-state index < -0.39 is 0 Å². The molecule has 0 saturated carbocycles. The fraction of sp³-hybridized carbons (Fsp3) is 0.154.